The van der Waals surface area contributed by atoms with Gasteiger partial charge in [-0.2, -0.15) is 5.10 Å². The number of nitrogens with zero attached hydrogens (tertiary/aromatic N) is 2. The number of fused-ring (bicyclic) bond motifs is 1. The van der Waals surface area contributed by atoms with Crippen LogP contribution in [-0.4, -0.2) is 38.2 Å². The maximum Gasteiger partial charge on any atom is 0.203 e. The molecule has 0 atom stereocenters. The zero-order valence-electron chi connectivity index (χ0n) is 15.6. The number of aryl methyl sites for hydroxylation is 1. The molecule has 6 nitrogen and oxygen atoms in total. The van der Waals surface area contributed by atoms with Crippen molar-refractivity contribution in [1.29, 1.82) is 0 Å². The van der Waals surface area contributed by atoms with Crippen molar-refractivity contribution in [2.24, 2.45) is 7.05 Å². The Morgan fingerprint density at radius 3 is 1.85 bits per heavy atom. The standard InChI is InChI=1S/C20H22N2O4/c1-22-19-15(12-21-22)8-13(9-16(19)23-2)6-7-14-10-17(24-3)20(26-5)18(11-14)25-4/h6-12H,1-5H3/b7-6-. The van der Waals surface area contributed by atoms with Gasteiger partial charge in [0.15, 0.2) is 11.5 Å². The van der Waals surface area contributed by atoms with Gasteiger partial charge in [-0.05, 0) is 35.4 Å². The average molecular weight is 354 g/mol. The highest BCUT2D eigenvalue weighted by Gasteiger charge is 2.12. The SMILES string of the molecule is COc1cc(/C=C\c2cc(OC)c3c(cnn3C)c2)cc(OC)c1OC. The molecule has 0 aliphatic carbocycles. The molecule has 6 heteroatoms. The first kappa shape index (κ1) is 17.7. The largest absolute Gasteiger partial charge is 0.494 e. The van der Waals surface area contributed by atoms with Crippen LogP contribution in [0.25, 0.3) is 23.1 Å². The van der Waals surface area contributed by atoms with Crippen LogP contribution in [-0.2, 0) is 7.05 Å². The number of benzene rings is 2. The molecule has 0 unspecified atom stereocenters. The van der Waals surface area contributed by atoms with Crippen LogP contribution in [0.4, 0.5) is 0 Å². The third kappa shape index (κ3) is 3.18. The van der Waals surface area contributed by atoms with Gasteiger partial charge >= 0.3 is 0 Å². The minimum atomic E-state index is 0.575. The summed E-state index contributed by atoms with van der Waals surface area (Å²) < 4.78 is 23.5. The van der Waals surface area contributed by atoms with E-state index in [2.05, 4.69) is 11.2 Å². The lowest BCUT2D eigenvalue weighted by molar-refractivity contribution is 0.324. The molecule has 3 aromatic rings. The normalized spacial score (nSPS) is 11.1. The zero-order chi connectivity index (χ0) is 18.7. The number of ether oxygens (including phenoxy) is 4. The van der Waals surface area contributed by atoms with Gasteiger partial charge < -0.3 is 18.9 Å². The third-order valence-corrected chi connectivity index (χ3v) is 4.20. The van der Waals surface area contributed by atoms with Crippen molar-refractivity contribution in [3.63, 3.8) is 0 Å². The van der Waals surface area contributed by atoms with Crippen molar-refractivity contribution < 1.29 is 18.9 Å². The molecule has 0 bridgehead atoms. The second-order valence-corrected chi connectivity index (χ2v) is 5.72. The van der Waals surface area contributed by atoms with Gasteiger partial charge in [0.2, 0.25) is 5.75 Å². The highest BCUT2D eigenvalue weighted by Crippen LogP contribution is 2.38. The average Bonchev–Trinajstić information content (AvgIpc) is 3.05. The van der Waals surface area contributed by atoms with Gasteiger partial charge in [0.1, 0.15) is 11.3 Å². The molecule has 1 heterocycles. The molecular formula is C20H22N2O4. The van der Waals surface area contributed by atoms with Gasteiger partial charge in [-0.3, -0.25) is 4.68 Å². The molecule has 0 saturated carbocycles. The predicted molar refractivity (Wildman–Crippen MR) is 102 cm³/mol. The van der Waals surface area contributed by atoms with E-state index in [1.807, 2.05) is 43.6 Å². The van der Waals surface area contributed by atoms with Crippen LogP contribution >= 0.6 is 0 Å². The predicted octanol–water partition coefficient (Wildman–Crippen LogP) is 3.78. The van der Waals surface area contributed by atoms with Gasteiger partial charge in [0.25, 0.3) is 0 Å². The Hall–Kier alpha value is -3.15. The van der Waals surface area contributed by atoms with Gasteiger partial charge in [-0.1, -0.05) is 12.2 Å². The molecule has 26 heavy (non-hydrogen) atoms. The topological polar surface area (TPSA) is 54.7 Å². The van der Waals surface area contributed by atoms with Crippen molar-refractivity contribution >= 4 is 23.1 Å². The Kier molecular flexibility index (Phi) is 5.02. The number of rotatable bonds is 6. The van der Waals surface area contributed by atoms with E-state index in [-0.39, 0.29) is 0 Å². The first-order chi connectivity index (χ1) is 12.6. The first-order valence-corrected chi connectivity index (χ1v) is 8.09. The summed E-state index contributed by atoms with van der Waals surface area (Å²) in [5, 5.41) is 5.32. The van der Waals surface area contributed by atoms with Crippen LogP contribution in [0, 0.1) is 0 Å². The van der Waals surface area contributed by atoms with E-state index in [1.54, 1.807) is 33.1 Å². The smallest absolute Gasteiger partial charge is 0.203 e. The molecule has 136 valence electrons. The Bertz CT molecular complexity index is 935. The fourth-order valence-electron chi connectivity index (χ4n) is 2.94. The second-order valence-electron chi connectivity index (χ2n) is 5.72. The number of hydrogen-bond donors (Lipinski definition) is 0. The van der Waals surface area contributed by atoms with E-state index in [1.165, 1.54) is 0 Å². The summed E-state index contributed by atoms with van der Waals surface area (Å²) in [5.41, 5.74) is 2.92. The van der Waals surface area contributed by atoms with Crippen molar-refractivity contribution in [2.45, 2.75) is 0 Å². The minimum absolute atomic E-state index is 0.575. The third-order valence-electron chi connectivity index (χ3n) is 4.20. The highest BCUT2D eigenvalue weighted by molar-refractivity contribution is 5.88. The molecular weight excluding hydrogens is 332 g/mol. The van der Waals surface area contributed by atoms with E-state index in [0.29, 0.717) is 17.2 Å². The maximum atomic E-state index is 5.51. The molecule has 0 aliphatic rings. The van der Waals surface area contributed by atoms with Crippen molar-refractivity contribution in [3.8, 4) is 23.0 Å². The molecule has 0 amide bonds. The molecule has 3 rings (SSSR count). The van der Waals surface area contributed by atoms with E-state index >= 15 is 0 Å². The summed E-state index contributed by atoms with van der Waals surface area (Å²) in [7, 11) is 8.36. The summed E-state index contributed by atoms with van der Waals surface area (Å²) in [6.45, 7) is 0. The Balaban J connectivity index is 2.01. The van der Waals surface area contributed by atoms with Crippen LogP contribution < -0.4 is 18.9 Å². The van der Waals surface area contributed by atoms with Gasteiger partial charge in [0, 0.05) is 12.4 Å². The number of methoxy groups -OCH3 is 4. The quantitative estimate of drug-likeness (QED) is 0.631. The summed E-state index contributed by atoms with van der Waals surface area (Å²) >= 11 is 0. The van der Waals surface area contributed by atoms with Crippen LogP contribution in [0.15, 0.2) is 30.5 Å². The summed E-state index contributed by atoms with van der Waals surface area (Å²) in [4.78, 5) is 0. The maximum absolute atomic E-state index is 5.51. The van der Waals surface area contributed by atoms with E-state index < -0.39 is 0 Å². The van der Waals surface area contributed by atoms with Crippen LogP contribution in [0.5, 0.6) is 23.0 Å². The van der Waals surface area contributed by atoms with Crippen LogP contribution in [0.1, 0.15) is 11.1 Å². The molecule has 0 radical (unpaired) electrons. The first-order valence-electron chi connectivity index (χ1n) is 8.09. The summed E-state index contributed by atoms with van der Waals surface area (Å²) in [5.74, 6) is 2.59. The highest BCUT2D eigenvalue weighted by atomic mass is 16.5. The van der Waals surface area contributed by atoms with Crippen molar-refractivity contribution in [1.82, 2.24) is 9.78 Å². The van der Waals surface area contributed by atoms with Gasteiger partial charge in [0.05, 0.1) is 34.6 Å². The lowest BCUT2D eigenvalue weighted by Crippen LogP contribution is -1.95. The number of hydrogen-bond acceptors (Lipinski definition) is 5. The van der Waals surface area contributed by atoms with E-state index in [4.69, 9.17) is 18.9 Å². The fourth-order valence-corrected chi connectivity index (χ4v) is 2.94. The monoisotopic (exact) mass is 354 g/mol. The molecule has 1 aromatic heterocycles. The Morgan fingerprint density at radius 2 is 1.31 bits per heavy atom. The Morgan fingerprint density at radius 1 is 0.769 bits per heavy atom. The fraction of sp³-hybridized carbons (Fsp3) is 0.250. The Labute approximate surface area is 152 Å². The van der Waals surface area contributed by atoms with Crippen LogP contribution in [0.3, 0.4) is 0 Å². The van der Waals surface area contributed by atoms with Gasteiger partial charge in [-0.25, -0.2) is 0 Å². The van der Waals surface area contributed by atoms with Crippen molar-refractivity contribution in [3.05, 3.63) is 41.6 Å². The van der Waals surface area contributed by atoms with Crippen LogP contribution in [0.2, 0.25) is 0 Å². The summed E-state index contributed by atoms with van der Waals surface area (Å²) in [6.07, 6.45) is 5.83. The van der Waals surface area contributed by atoms with E-state index in [9.17, 15) is 0 Å². The van der Waals surface area contributed by atoms with E-state index in [0.717, 1.165) is 27.8 Å². The summed E-state index contributed by atoms with van der Waals surface area (Å²) in [6, 6.07) is 7.85. The van der Waals surface area contributed by atoms with Crippen molar-refractivity contribution in [2.75, 3.05) is 28.4 Å². The molecule has 2 aromatic carbocycles. The number of aromatic nitrogens is 2. The molecule has 0 saturated heterocycles. The molecule has 0 fully saturated rings. The lowest BCUT2D eigenvalue weighted by Gasteiger charge is -2.12. The molecule has 0 N–H and O–H groups in total. The molecule has 0 aliphatic heterocycles. The zero-order valence-corrected chi connectivity index (χ0v) is 15.6. The van der Waals surface area contributed by atoms with Gasteiger partial charge in [-0.15, -0.1) is 0 Å². The minimum Gasteiger partial charge on any atom is -0.494 e. The lowest BCUT2D eigenvalue weighted by atomic mass is 10.1. The second kappa shape index (κ2) is 7.39. The molecule has 0 spiro atoms.